The van der Waals surface area contributed by atoms with Gasteiger partial charge in [0, 0.05) is 24.1 Å². The van der Waals surface area contributed by atoms with E-state index in [-0.39, 0.29) is 5.91 Å². The third-order valence-corrected chi connectivity index (χ3v) is 3.46. The van der Waals surface area contributed by atoms with E-state index in [1.165, 1.54) is 0 Å². The van der Waals surface area contributed by atoms with Crippen molar-refractivity contribution in [2.45, 2.75) is 11.4 Å². The molecule has 0 radical (unpaired) electrons. The number of hydrogen-bond donors (Lipinski definition) is 1. The van der Waals surface area contributed by atoms with Gasteiger partial charge in [0.25, 0.3) is 0 Å². The van der Waals surface area contributed by atoms with Crippen LogP contribution in [0.15, 0.2) is 53.7 Å². The summed E-state index contributed by atoms with van der Waals surface area (Å²) < 4.78 is 0. The third kappa shape index (κ3) is 4.41. The molecule has 0 saturated carbocycles. The average Bonchev–Trinajstić information content (AvgIpc) is 2.49. The summed E-state index contributed by atoms with van der Waals surface area (Å²) in [6.07, 6.45) is 2.15. The van der Waals surface area contributed by atoms with Crippen LogP contribution in [0.1, 0.15) is 12.0 Å². The Kier molecular flexibility index (Phi) is 5.15. The van der Waals surface area contributed by atoms with E-state index in [1.54, 1.807) is 42.2 Å². The lowest BCUT2D eigenvalue weighted by Gasteiger charge is -2.05. The first-order chi connectivity index (χ1) is 9.78. The lowest BCUT2D eigenvalue weighted by Crippen LogP contribution is -2.12. The number of carbonyl (C=O) groups is 1. The van der Waals surface area contributed by atoms with E-state index in [1.807, 2.05) is 24.3 Å². The summed E-state index contributed by atoms with van der Waals surface area (Å²) >= 11 is 1.55. The van der Waals surface area contributed by atoms with Gasteiger partial charge in [0.1, 0.15) is 0 Å². The topological polar surface area (TPSA) is 65.8 Å². The molecule has 0 unspecified atom stereocenters. The third-order valence-electron chi connectivity index (χ3n) is 2.51. The maximum atomic E-state index is 11.7. The van der Waals surface area contributed by atoms with Crippen LogP contribution in [0.25, 0.3) is 0 Å². The smallest absolute Gasteiger partial charge is 0.225 e. The van der Waals surface area contributed by atoms with Gasteiger partial charge in [-0.3, -0.25) is 4.79 Å². The molecule has 0 fully saturated rings. The molecule has 1 amide bonds. The van der Waals surface area contributed by atoms with Crippen molar-refractivity contribution < 1.29 is 4.79 Å². The van der Waals surface area contributed by atoms with E-state index in [0.717, 1.165) is 5.03 Å². The van der Waals surface area contributed by atoms with Crippen molar-refractivity contribution in [1.82, 2.24) is 4.98 Å². The highest BCUT2D eigenvalue weighted by Gasteiger charge is 2.03. The summed E-state index contributed by atoms with van der Waals surface area (Å²) in [7, 11) is 0. The van der Waals surface area contributed by atoms with Crippen LogP contribution in [0, 0.1) is 11.3 Å². The number of nitriles is 1. The highest BCUT2D eigenvalue weighted by Crippen LogP contribution is 2.15. The standard InChI is InChI=1S/C15H13N3OS/c16-11-12-4-6-13(7-5-12)18-14(19)8-10-20-15-3-1-2-9-17-15/h1-7,9H,8,10H2,(H,18,19). The van der Waals surface area contributed by atoms with E-state index in [2.05, 4.69) is 10.3 Å². The highest BCUT2D eigenvalue weighted by molar-refractivity contribution is 7.99. The molecule has 0 aliphatic carbocycles. The molecule has 100 valence electrons. The lowest BCUT2D eigenvalue weighted by atomic mass is 10.2. The Morgan fingerprint density at radius 2 is 2.05 bits per heavy atom. The minimum Gasteiger partial charge on any atom is -0.326 e. The Morgan fingerprint density at radius 1 is 1.25 bits per heavy atom. The molecule has 0 atom stereocenters. The Bertz CT molecular complexity index is 605. The van der Waals surface area contributed by atoms with Gasteiger partial charge in [0.15, 0.2) is 0 Å². The summed E-state index contributed by atoms with van der Waals surface area (Å²) in [4.78, 5) is 15.9. The van der Waals surface area contributed by atoms with Crippen LogP contribution >= 0.6 is 11.8 Å². The van der Waals surface area contributed by atoms with E-state index < -0.39 is 0 Å². The van der Waals surface area contributed by atoms with Gasteiger partial charge >= 0.3 is 0 Å². The fraction of sp³-hybridized carbons (Fsp3) is 0.133. The van der Waals surface area contributed by atoms with Gasteiger partial charge in [-0.25, -0.2) is 4.98 Å². The van der Waals surface area contributed by atoms with E-state index in [4.69, 9.17) is 5.26 Å². The monoisotopic (exact) mass is 283 g/mol. The number of hydrogen-bond acceptors (Lipinski definition) is 4. The number of rotatable bonds is 5. The molecule has 2 rings (SSSR count). The minimum absolute atomic E-state index is 0.0434. The van der Waals surface area contributed by atoms with Gasteiger partial charge in [-0.2, -0.15) is 5.26 Å². The predicted octanol–water partition coefficient (Wildman–Crippen LogP) is 3.07. The summed E-state index contributed by atoms with van der Waals surface area (Å²) in [5.74, 6) is 0.636. The first-order valence-corrected chi connectivity index (χ1v) is 7.10. The van der Waals surface area contributed by atoms with Crippen LogP contribution in [0.4, 0.5) is 5.69 Å². The van der Waals surface area contributed by atoms with E-state index >= 15 is 0 Å². The number of carbonyl (C=O) groups excluding carboxylic acids is 1. The van der Waals surface area contributed by atoms with Crippen molar-refractivity contribution >= 4 is 23.4 Å². The van der Waals surface area contributed by atoms with Crippen LogP contribution in [0.5, 0.6) is 0 Å². The maximum absolute atomic E-state index is 11.7. The second kappa shape index (κ2) is 7.31. The van der Waals surface area contributed by atoms with E-state index in [9.17, 15) is 4.79 Å². The van der Waals surface area contributed by atoms with Crippen LogP contribution in [0.2, 0.25) is 0 Å². The fourth-order valence-corrected chi connectivity index (χ4v) is 2.34. The number of amides is 1. The molecule has 0 spiro atoms. The Hall–Kier alpha value is -2.32. The Labute approximate surface area is 121 Å². The summed E-state index contributed by atoms with van der Waals surface area (Å²) in [5.41, 5.74) is 1.28. The number of nitrogens with one attached hydrogen (secondary N) is 1. The molecule has 1 aromatic heterocycles. The Morgan fingerprint density at radius 3 is 2.70 bits per heavy atom. The zero-order valence-electron chi connectivity index (χ0n) is 10.7. The van der Waals surface area contributed by atoms with Gasteiger partial charge in [-0.1, -0.05) is 6.07 Å². The molecular weight excluding hydrogens is 270 g/mol. The van der Waals surface area contributed by atoms with Gasteiger partial charge in [0.2, 0.25) is 5.91 Å². The molecule has 2 aromatic rings. The van der Waals surface area contributed by atoms with Gasteiger partial charge in [0.05, 0.1) is 16.7 Å². The van der Waals surface area contributed by atoms with Gasteiger partial charge in [-0.15, -0.1) is 11.8 Å². The second-order valence-corrected chi connectivity index (χ2v) is 5.12. The first-order valence-electron chi connectivity index (χ1n) is 6.12. The van der Waals surface area contributed by atoms with Crippen LogP contribution in [-0.2, 0) is 4.79 Å². The number of thioether (sulfide) groups is 1. The molecule has 0 saturated heterocycles. The summed E-state index contributed by atoms with van der Waals surface area (Å²) in [6, 6.07) is 14.5. The fourth-order valence-electron chi connectivity index (χ4n) is 1.53. The molecular formula is C15H13N3OS. The minimum atomic E-state index is -0.0434. The molecule has 0 aliphatic heterocycles. The van der Waals surface area contributed by atoms with Crippen molar-refractivity contribution in [2.24, 2.45) is 0 Å². The zero-order chi connectivity index (χ0) is 14.2. The molecule has 5 heteroatoms. The van der Waals surface area contributed by atoms with Gasteiger partial charge in [-0.05, 0) is 36.4 Å². The molecule has 4 nitrogen and oxygen atoms in total. The number of aromatic nitrogens is 1. The largest absolute Gasteiger partial charge is 0.326 e. The molecule has 0 bridgehead atoms. The van der Waals surface area contributed by atoms with Gasteiger partial charge < -0.3 is 5.32 Å². The summed E-state index contributed by atoms with van der Waals surface area (Å²) in [6.45, 7) is 0. The second-order valence-electron chi connectivity index (χ2n) is 4.00. The van der Waals surface area contributed by atoms with Crippen molar-refractivity contribution in [3.8, 4) is 6.07 Å². The van der Waals surface area contributed by atoms with Crippen molar-refractivity contribution in [1.29, 1.82) is 5.26 Å². The normalized spacial score (nSPS) is 9.75. The molecule has 20 heavy (non-hydrogen) atoms. The van der Waals surface area contributed by atoms with Crippen LogP contribution in [-0.4, -0.2) is 16.6 Å². The highest BCUT2D eigenvalue weighted by atomic mass is 32.2. The Balaban J connectivity index is 1.76. The number of anilines is 1. The van der Waals surface area contributed by atoms with E-state index in [0.29, 0.717) is 23.4 Å². The molecule has 1 N–H and O–H groups in total. The predicted molar refractivity (Wildman–Crippen MR) is 79.4 cm³/mol. The number of pyridine rings is 1. The van der Waals surface area contributed by atoms with Crippen molar-refractivity contribution in [3.05, 3.63) is 54.2 Å². The first kappa shape index (κ1) is 14.1. The zero-order valence-corrected chi connectivity index (χ0v) is 11.6. The van der Waals surface area contributed by atoms with Crippen LogP contribution < -0.4 is 5.32 Å². The van der Waals surface area contributed by atoms with Crippen LogP contribution in [0.3, 0.4) is 0 Å². The number of nitrogens with zero attached hydrogens (tertiary/aromatic N) is 2. The van der Waals surface area contributed by atoms with Crippen molar-refractivity contribution in [2.75, 3.05) is 11.1 Å². The van der Waals surface area contributed by atoms with Crippen molar-refractivity contribution in [3.63, 3.8) is 0 Å². The maximum Gasteiger partial charge on any atom is 0.225 e. The molecule has 1 heterocycles. The lowest BCUT2D eigenvalue weighted by molar-refractivity contribution is -0.115. The number of benzene rings is 1. The molecule has 0 aliphatic rings. The molecule has 1 aromatic carbocycles. The quantitative estimate of drug-likeness (QED) is 0.856. The SMILES string of the molecule is N#Cc1ccc(NC(=O)CCSc2ccccn2)cc1. The summed E-state index contributed by atoms with van der Waals surface area (Å²) in [5, 5.41) is 12.4. The average molecular weight is 283 g/mol.